The van der Waals surface area contributed by atoms with Crippen LogP contribution < -0.4 is 21.2 Å². The number of nitrogens with zero attached hydrogens (tertiary/aromatic N) is 5. The molecule has 1 aliphatic rings. The number of hydrogen-bond donors (Lipinski definition) is 2. The number of halogens is 3. The molecule has 2 aromatic carbocycles. The van der Waals surface area contributed by atoms with Gasteiger partial charge in [0, 0.05) is 20.5 Å². The van der Waals surface area contributed by atoms with Gasteiger partial charge in [0.15, 0.2) is 17.6 Å². The Bertz CT molecular complexity index is 2040. The van der Waals surface area contributed by atoms with Crippen molar-refractivity contribution in [2.45, 2.75) is 69.2 Å². The second-order valence-electron chi connectivity index (χ2n) is 13.9. The monoisotopic (exact) mass is 815 g/mol. The fourth-order valence-electron chi connectivity index (χ4n) is 6.42. The molecular weight excluding hydrogens is 772 g/mol. The van der Waals surface area contributed by atoms with Crippen LogP contribution >= 0.6 is 21.6 Å². The highest BCUT2D eigenvalue weighted by atomic mass is 33.1. The van der Waals surface area contributed by atoms with Crippen molar-refractivity contribution in [3.8, 4) is 11.8 Å². The number of amides is 1. The number of aliphatic imine (C=N–C) groups is 1. The zero-order valence-electron chi connectivity index (χ0n) is 31.5. The first-order valence-electron chi connectivity index (χ1n) is 17.4. The number of alkyl halides is 3. The summed E-state index contributed by atoms with van der Waals surface area (Å²) in [5.41, 5.74) is -0.795. The molecule has 0 saturated carbocycles. The number of rotatable bonds is 13. The Balaban J connectivity index is 1.56. The number of nitrogens with one attached hydrogen (secondary N) is 2. The molecule has 1 saturated heterocycles. The van der Waals surface area contributed by atoms with Gasteiger partial charge in [-0.15, -0.1) is 0 Å². The van der Waals surface area contributed by atoms with Crippen LogP contribution in [0.5, 0.6) is 0 Å². The molecule has 4 aromatic rings. The predicted molar refractivity (Wildman–Crippen MR) is 213 cm³/mol. The van der Waals surface area contributed by atoms with Crippen LogP contribution in [0, 0.1) is 11.8 Å². The first kappa shape index (κ1) is 42.0. The quantitative estimate of drug-likeness (QED) is 0.0476. The van der Waals surface area contributed by atoms with E-state index in [1.165, 1.54) is 11.0 Å². The van der Waals surface area contributed by atoms with Gasteiger partial charge in [-0.3, -0.25) is 14.6 Å². The van der Waals surface area contributed by atoms with Crippen molar-refractivity contribution >= 4 is 69.5 Å². The van der Waals surface area contributed by atoms with E-state index in [-0.39, 0.29) is 39.8 Å². The number of fused-ring (bicyclic) bond motifs is 1. The van der Waals surface area contributed by atoms with Gasteiger partial charge in [-0.05, 0) is 34.5 Å². The number of hydrogen-bond acceptors (Lipinski definition) is 10. The molecule has 0 spiro atoms. The summed E-state index contributed by atoms with van der Waals surface area (Å²) < 4.78 is 60.2. The SMILES string of the molecule is CSS[C@@H](C)O[C@@H]1C[C@H](n2nc(C#CCNC(=O)C(F)(F)F)c3c(=O)[nH]c(N=CN(C)C)nc32)O[C@@H]1CO[Si](c1ccccc1)(c1ccccc1)C(C)(C)C. The number of carbonyl (C=O) groups is 1. The van der Waals surface area contributed by atoms with Crippen LogP contribution in [0.15, 0.2) is 70.5 Å². The lowest BCUT2D eigenvalue weighted by Gasteiger charge is -2.43. The number of ether oxygens (including phenoxy) is 2. The molecule has 0 aliphatic carbocycles. The molecule has 12 nitrogen and oxygen atoms in total. The molecular formula is C37H44F3N7O5S2Si. The van der Waals surface area contributed by atoms with Gasteiger partial charge < -0.3 is 24.1 Å². The van der Waals surface area contributed by atoms with Crippen LogP contribution in [0.25, 0.3) is 11.0 Å². The van der Waals surface area contributed by atoms with Crippen LogP contribution in [0.1, 0.15) is 46.0 Å². The molecule has 18 heteroatoms. The number of aromatic amines is 1. The predicted octanol–water partition coefficient (Wildman–Crippen LogP) is 4.98. The lowest BCUT2D eigenvalue weighted by atomic mass is 10.2. The van der Waals surface area contributed by atoms with Gasteiger partial charge in [0.05, 0.1) is 25.6 Å². The molecule has 0 radical (unpaired) electrons. The van der Waals surface area contributed by atoms with Crippen molar-refractivity contribution in [1.29, 1.82) is 0 Å². The van der Waals surface area contributed by atoms with Crippen LogP contribution in [0.2, 0.25) is 5.04 Å². The minimum absolute atomic E-state index is 0.00773. The van der Waals surface area contributed by atoms with Crippen molar-refractivity contribution in [3.63, 3.8) is 0 Å². The second-order valence-corrected chi connectivity index (χ2v) is 21.0. The highest BCUT2D eigenvalue weighted by molar-refractivity contribution is 8.76. The van der Waals surface area contributed by atoms with Gasteiger partial charge in [0.25, 0.3) is 13.9 Å². The van der Waals surface area contributed by atoms with E-state index >= 15 is 0 Å². The molecule has 0 unspecified atom stereocenters. The maximum atomic E-state index is 13.5. The van der Waals surface area contributed by atoms with Gasteiger partial charge in [0.2, 0.25) is 5.95 Å². The normalized spacial score (nSPS) is 18.3. The van der Waals surface area contributed by atoms with Crippen LogP contribution in [0.4, 0.5) is 19.1 Å². The van der Waals surface area contributed by atoms with Gasteiger partial charge in [-0.25, -0.2) is 9.67 Å². The standard InChI is InChI=1S/C37H44F3N7O5S2Si/c1-24(54-53-7)51-28-21-30(52-29(28)22-50-55(36(2,3)4,25-15-10-8-11-16-25)26-17-12-9-13-18-26)47-32-31(33(48)44-35(43-32)42-23-46(5)6)27(45-47)19-14-20-41-34(49)37(38,39)40/h8-13,15-18,23-24,28-30H,20-22H2,1-7H3,(H,41,49)(H,43,44,48)/t24-,28+,29+,30+/m0/s1. The third-order valence-corrected chi connectivity index (χ3v) is 15.7. The molecule has 4 atom stereocenters. The summed E-state index contributed by atoms with van der Waals surface area (Å²) in [4.78, 5) is 37.9. The lowest BCUT2D eigenvalue weighted by molar-refractivity contribution is -0.173. The summed E-state index contributed by atoms with van der Waals surface area (Å²) in [5, 5.41) is 8.20. The van der Waals surface area contributed by atoms with E-state index in [4.69, 9.17) is 13.9 Å². The summed E-state index contributed by atoms with van der Waals surface area (Å²) in [5.74, 6) is 2.96. The van der Waals surface area contributed by atoms with Crippen molar-refractivity contribution in [1.82, 2.24) is 30.0 Å². The van der Waals surface area contributed by atoms with Gasteiger partial charge >= 0.3 is 12.1 Å². The fourth-order valence-corrected chi connectivity index (χ4v) is 12.4. The molecule has 1 fully saturated rings. The smallest absolute Gasteiger partial charge is 0.405 e. The topological polar surface area (TPSA) is 136 Å². The number of H-pyrrole nitrogens is 1. The zero-order chi connectivity index (χ0) is 40.0. The largest absolute Gasteiger partial charge is 0.471 e. The van der Waals surface area contributed by atoms with Crippen LogP contribution in [0.3, 0.4) is 0 Å². The Kier molecular flexibility index (Phi) is 13.6. The molecule has 1 aliphatic heterocycles. The zero-order valence-corrected chi connectivity index (χ0v) is 34.1. The summed E-state index contributed by atoms with van der Waals surface area (Å²) in [7, 11) is 3.67. The second kappa shape index (κ2) is 17.8. The molecule has 5 rings (SSSR count). The molecule has 3 heterocycles. The number of benzene rings is 2. The third-order valence-electron chi connectivity index (χ3n) is 8.69. The van der Waals surface area contributed by atoms with E-state index in [1.807, 2.05) is 49.6 Å². The Morgan fingerprint density at radius 1 is 1.16 bits per heavy atom. The fraction of sp³-hybridized carbons (Fsp3) is 0.432. The minimum Gasteiger partial charge on any atom is -0.405 e. The van der Waals surface area contributed by atoms with E-state index < -0.39 is 50.9 Å². The number of carbonyl (C=O) groups excluding carboxylic acids is 1. The van der Waals surface area contributed by atoms with E-state index in [0.717, 1.165) is 10.4 Å². The Morgan fingerprint density at radius 2 is 1.80 bits per heavy atom. The van der Waals surface area contributed by atoms with Crippen LogP contribution in [-0.2, 0) is 18.7 Å². The van der Waals surface area contributed by atoms with E-state index in [9.17, 15) is 22.8 Å². The lowest BCUT2D eigenvalue weighted by Crippen LogP contribution is -2.67. The average molecular weight is 816 g/mol. The molecule has 294 valence electrons. The molecule has 1 amide bonds. The van der Waals surface area contributed by atoms with Gasteiger partial charge in [-0.2, -0.15) is 23.3 Å². The molecule has 0 bridgehead atoms. The van der Waals surface area contributed by atoms with Gasteiger partial charge in [-0.1, -0.05) is 109 Å². The minimum atomic E-state index is -5.07. The molecule has 2 aromatic heterocycles. The summed E-state index contributed by atoms with van der Waals surface area (Å²) in [6, 6.07) is 20.5. The molecule has 55 heavy (non-hydrogen) atoms. The molecule has 2 N–H and O–H groups in total. The Morgan fingerprint density at radius 3 is 2.36 bits per heavy atom. The Labute approximate surface area is 326 Å². The van der Waals surface area contributed by atoms with E-state index in [1.54, 1.807) is 45.9 Å². The maximum absolute atomic E-state index is 13.5. The van der Waals surface area contributed by atoms with Crippen LogP contribution in [-0.4, -0.2) is 103 Å². The first-order valence-corrected chi connectivity index (χ1v) is 21.9. The van der Waals surface area contributed by atoms with E-state index in [0.29, 0.717) is 6.42 Å². The average Bonchev–Trinajstić information content (AvgIpc) is 3.70. The van der Waals surface area contributed by atoms with Crippen molar-refractivity contribution < 1.29 is 31.9 Å². The summed E-state index contributed by atoms with van der Waals surface area (Å²) >= 11 is 0. The van der Waals surface area contributed by atoms with Crippen molar-refractivity contribution in [2.24, 2.45) is 4.99 Å². The Hall–Kier alpha value is -4.12. The van der Waals surface area contributed by atoms with E-state index in [2.05, 4.69) is 76.9 Å². The maximum Gasteiger partial charge on any atom is 0.471 e. The number of aromatic nitrogens is 4. The van der Waals surface area contributed by atoms with Crippen molar-refractivity contribution in [2.75, 3.05) is 33.5 Å². The first-order chi connectivity index (χ1) is 26.0. The third kappa shape index (κ3) is 9.82. The summed E-state index contributed by atoms with van der Waals surface area (Å²) in [6.45, 7) is 8.06. The highest BCUT2D eigenvalue weighted by Gasteiger charge is 2.51. The summed E-state index contributed by atoms with van der Waals surface area (Å²) in [6.07, 6.45) is -3.21. The van der Waals surface area contributed by atoms with Gasteiger partial charge in [0.1, 0.15) is 16.9 Å². The van der Waals surface area contributed by atoms with Crippen molar-refractivity contribution in [3.05, 3.63) is 76.7 Å². The highest BCUT2D eigenvalue weighted by Crippen LogP contribution is 2.40.